The summed E-state index contributed by atoms with van der Waals surface area (Å²) in [7, 11) is -3.76. The van der Waals surface area contributed by atoms with E-state index in [1.807, 2.05) is 38.1 Å². The highest BCUT2D eigenvalue weighted by Gasteiger charge is 2.17. The van der Waals surface area contributed by atoms with Crippen LogP contribution in [0.25, 0.3) is 10.9 Å². The molecule has 8 heteroatoms. The summed E-state index contributed by atoms with van der Waals surface area (Å²) in [6.45, 7) is 5.85. The van der Waals surface area contributed by atoms with E-state index in [2.05, 4.69) is 5.32 Å². The largest absolute Gasteiger partial charge is 0.325 e. The predicted octanol–water partition coefficient (Wildman–Crippen LogP) is 3.62. The molecule has 0 aliphatic rings. The third-order valence-corrected chi connectivity index (χ3v) is 6.29. The van der Waals surface area contributed by atoms with E-state index in [-0.39, 0.29) is 16.1 Å². The van der Waals surface area contributed by atoms with Crippen molar-refractivity contribution in [3.63, 3.8) is 0 Å². The maximum Gasteiger partial charge on any atom is 0.238 e. The summed E-state index contributed by atoms with van der Waals surface area (Å²) in [5.41, 5.74) is 3.65. The number of rotatable bonds is 5. The number of nitrogens with zero attached hydrogens (tertiary/aromatic N) is 1. The first kappa shape index (κ1) is 20.3. The molecule has 1 aromatic heterocycles. The van der Waals surface area contributed by atoms with Crippen LogP contribution in [0.3, 0.4) is 0 Å². The second kappa shape index (κ2) is 7.90. The fraction of sp³-hybridized carbons (Fsp3) is 0.200. The van der Waals surface area contributed by atoms with Crippen LogP contribution in [-0.4, -0.2) is 24.6 Å². The van der Waals surface area contributed by atoms with Gasteiger partial charge in [-0.2, -0.15) is 0 Å². The smallest absolute Gasteiger partial charge is 0.238 e. The van der Waals surface area contributed by atoms with Gasteiger partial charge in [0.05, 0.1) is 20.7 Å². The Labute approximate surface area is 168 Å². The Bertz CT molecular complexity index is 1140. The highest BCUT2D eigenvalue weighted by molar-refractivity contribution is 8.00. The van der Waals surface area contributed by atoms with Gasteiger partial charge >= 0.3 is 0 Å². The number of hydrogen-bond acceptors (Lipinski definition) is 5. The Hall–Kier alpha value is -2.42. The molecule has 6 nitrogen and oxygen atoms in total. The van der Waals surface area contributed by atoms with Gasteiger partial charge in [0, 0.05) is 11.1 Å². The number of amides is 1. The molecule has 0 fully saturated rings. The molecule has 0 spiro atoms. The number of hydrogen-bond donors (Lipinski definition) is 2. The van der Waals surface area contributed by atoms with Gasteiger partial charge in [-0.25, -0.2) is 18.5 Å². The molecule has 1 heterocycles. The topological polar surface area (TPSA) is 102 Å². The van der Waals surface area contributed by atoms with Crippen molar-refractivity contribution >= 4 is 44.3 Å². The number of carbonyl (C=O) groups is 1. The van der Waals surface area contributed by atoms with E-state index in [4.69, 9.17) is 10.1 Å². The second-order valence-corrected chi connectivity index (χ2v) is 9.49. The predicted molar refractivity (Wildman–Crippen MR) is 113 cm³/mol. The lowest BCUT2D eigenvalue weighted by Gasteiger charge is -2.13. The first-order valence-electron chi connectivity index (χ1n) is 8.62. The summed E-state index contributed by atoms with van der Waals surface area (Å²) < 4.78 is 22.6. The molecule has 2 aromatic carbocycles. The van der Waals surface area contributed by atoms with Gasteiger partial charge in [-0.1, -0.05) is 30.0 Å². The van der Waals surface area contributed by atoms with E-state index < -0.39 is 10.0 Å². The summed E-state index contributed by atoms with van der Waals surface area (Å²) in [4.78, 5) is 17.2. The number of primary sulfonamides is 1. The molecule has 28 heavy (non-hydrogen) atoms. The van der Waals surface area contributed by atoms with Crippen molar-refractivity contribution in [2.75, 3.05) is 5.32 Å². The van der Waals surface area contributed by atoms with Crippen LogP contribution in [0.4, 0.5) is 5.69 Å². The van der Waals surface area contributed by atoms with Gasteiger partial charge in [-0.05, 0) is 62.2 Å². The first-order chi connectivity index (χ1) is 13.1. The van der Waals surface area contributed by atoms with Crippen LogP contribution in [0.2, 0.25) is 0 Å². The van der Waals surface area contributed by atoms with Crippen molar-refractivity contribution in [2.24, 2.45) is 5.14 Å². The van der Waals surface area contributed by atoms with Crippen molar-refractivity contribution in [3.8, 4) is 0 Å². The van der Waals surface area contributed by atoms with E-state index in [0.29, 0.717) is 5.69 Å². The zero-order valence-electron chi connectivity index (χ0n) is 15.8. The van der Waals surface area contributed by atoms with Gasteiger partial charge in [-0.15, -0.1) is 0 Å². The Morgan fingerprint density at radius 1 is 1.11 bits per heavy atom. The number of fused-ring (bicyclic) bond motifs is 1. The molecule has 0 aliphatic carbocycles. The molecule has 0 bridgehead atoms. The Morgan fingerprint density at radius 2 is 1.79 bits per heavy atom. The maximum atomic E-state index is 12.5. The number of aryl methyl sites for hydroxylation is 2. The molecule has 3 aromatic rings. The summed E-state index contributed by atoms with van der Waals surface area (Å²) in [6.07, 6.45) is 0. The lowest BCUT2D eigenvalue weighted by molar-refractivity contribution is -0.115. The minimum Gasteiger partial charge on any atom is -0.325 e. The number of thioether (sulfide) groups is 1. The van der Waals surface area contributed by atoms with E-state index >= 15 is 0 Å². The Morgan fingerprint density at radius 3 is 2.43 bits per heavy atom. The van der Waals surface area contributed by atoms with Gasteiger partial charge in [0.2, 0.25) is 15.9 Å². The normalized spacial score (nSPS) is 12.7. The van der Waals surface area contributed by atoms with Gasteiger partial charge in [0.15, 0.2) is 0 Å². The number of pyridine rings is 1. The van der Waals surface area contributed by atoms with E-state index in [1.165, 1.54) is 36.0 Å². The molecule has 0 saturated heterocycles. The average molecular weight is 416 g/mol. The highest BCUT2D eigenvalue weighted by Crippen LogP contribution is 2.28. The molecule has 0 radical (unpaired) electrons. The Kier molecular flexibility index (Phi) is 5.74. The molecule has 0 saturated carbocycles. The summed E-state index contributed by atoms with van der Waals surface area (Å²) in [6, 6.07) is 13.8. The van der Waals surface area contributed by atoms with Crippen LogP contribution in [-0.2, 0) is 14.8 Å². The molecule has 146 valence electrons. The van der Waals surface area contributed by atoms with Crippen LogP contribution in [0.1, 0.15) is 18.1 Å². The number of benzene rings is 2. The summed E-state index contributed by atoms with van der Waals surface area (Å²) in [5.74, 6) is -0.197. The molecule has 0 aliphatic heterocycles. The number of sulfonamides is 1. The van der Waals surface area contributed by atoms with Crippen LogP contribution in [0.5, 0.6) is 0 Å². The number of aromatic nitrogens is 1. The van der Waals surface area contributed by atoms with E-state index in [0.717, 1.165) is 27.1 Å². The molecular weight excluding hydrogens is 394 g/mol. The van der Waals surface area contributed by atoms with Crippen LogP contribution >= 0.6 is 11.8 Å². The van der Waals surface area contributed by atoms with Gasteiger partial charge in [-0.3, -0.25) is 4.79 Å². The lowest BCUT2D eigenvalue weighted by Crippen LogP contribution is -2.22. The molecule has 1 atom stereocenters. The zero-order chi connectivity index (χ0) is 20.5. The third-order valence-electron chi connectivity index (χ3n) is 4.34. The molecular formula is C20H21N3O3S2. The SMILES string of the molecule is Cc1cc(S[C@@H](C)C(=O)Nc2ccc(S(N)(=O)=O)cc2)nc2c(C)cccc12. The number of anilines is 1. The summed E-state index contributed by atoms with van der Waals surface area (Å²) in [5, 5.41) is 9.37. The highest BCUT2D eigenvalue weighted by atomic mass is 32.2. The maximum absolute atomic E-state index is 12.5. The van der Waals surface area contributed by atoms with Crippen molar-refractivity contribution in [1.29, 1.82) is 0 Å². The van der Waals surface area contributed by atoms with E-state index in [1.54, 1.807) is 6.92 Å². The van der Waals surface area contributed by atoms with Gasteiger partial charge < -0.3 is 5.32 Å². The van der Waals surface area contributed by atoms with Crippen molar-refractivity contribution in [3.05, 3.63) is 59.7 Å². The average Bonchev–Trinajstić information content (AvgIpc) is 2.62. The lowest BCUT2D eigenvalue weighted by atomic mass is 10.1. The number of para-hydroxylation sites is 1. The number of nitrogens with one attached hydrogen (secondary N) is 1. The monoisotopic (exact) mass is 415 g/mol. The van der Waals surface area contributed by atoms with Crippen LogP contribution < -0.4 is 10.5 Å². The fourth-order valence-electron chi connectivity index (χ4n) is 2.80. The molecule has 0 unspecified atom stereocenters. The van der Waals surface area contributed by atoms with Crippen molar-refractivity contribution in [1.82, 2.24) is 4.98 Å². The quantitative estimate of drug-likeness (QED) is 0.620. The van der Waals surface area contributed by atoms with Crippen LogP contribution in [0.15, 0.2) is 58.5 Å². The third kappa shape index (κ3) is 4.52. The molecule has 3 rings (SSSR count). The molecule has 1 amide bonds. The number of carbonyl (C=O) groups excluding carboxylic acids is 1. The minimum atomic E-state index is -3.76. The minimum absolute atomic E-state index is 0.000804. The zero-order valence-corrected chi connectivity index (χ0v) is 17.4. The number of nitrogens with two attached hydrogens (primary N) is 1. The van der Waals surface area contributed by atoms with Gasteiger partial charge in [0.25, 0.3) is 0 Å². The second-order valence-electron chi connectivity index (χ2n) is 6.57. The standard InChI is InChI=1S/C20H21N3O3S2/c1-12-5-4-6-17-13(2)11-18(23-19(12)17)27-14(3)20(24)22-15-7-9-16(10-8-15)28(21,25)26/h4-11,14H,1-3H3,(H,22,24)(H2,21,25,26)/t14-/m0/s1. The Balaban J connectivity index is 1.74. The van der Waals surface area contributed by atoms with Crippen LogP contribution in [0, 0.1) is 13.8 Å². The summed E-state index contributed by atoms with van der Waals surface area (Å²) >= 11 is 1.38. The van der Waals surface area contributed by atoms with Gasteiger partial charge in [0.1, 0.15) is 0 Å². The van der Waals surface area contributed by atoms with Crippen molar-refractivity contribution < 1.29 is 13.2 Å². The van der Waals surface area contributed by atoms with E-state index in [9.17, 15) is 13.2 Å². The fourth-order valence-corrected chi connectivity index (χ4v) is 4.23. The first-order valence-corrected chi connectivity index (χ1v) is 11.0. The van der Waals surface area contributed by atoms with Crippen molar-refractivity contribution in [2.45, 2.75) is 35.9 Å². The molecule has 3 N–H and O–H groups in total.